The molecule has 1 aromatic rings. The van der Waals surface area contributed by atoms with Gasteiger partial charge >= 0.3 is 12.3 Å². The number of ether oxygens (including phenoxy) is 2. The maximum absolute atomic E-state index is 12.1. The third kappa shape index (κ3) is 4.87. The van der Waals surface area contributed by atoms with Crippen molar-refractivity contribution in [1.82, 2.24) is 0 Å². The number of carbonyl (C=O) groups is 1. The van der Waals surface area contributed by atoms with Crippen molar-refractivity contribution in [3.05, 3.63) is 23.8 Å². The lowest BCUT2D eigenvalue weighted by atomic mass is 10.1. The molecule has 100 valence electrons. The summed E-state index contributed by atoms with van der Waals surface area (Å²) in [6.45, 7) is 1.86. The van der Waals surface area contributed by atoms with Gasteiger partial charge in [0.15, 0.2) is 0 Å². The van der Waals surface area contributed by atoms with Crippen molar-refractivity contribution in [2.45, 2.75) is 24.6 Å². The number of rotatable bonds is 4. The first-order valence-electron chi connectivity index (χ1n) is 5.05. The normalized spacial score (nSPS) is 11.2. The van der Waals surface area contributed by atoms with Gasteiger partial charge in [0.2, 0.25) is 0 Å². The molecule has 0 aliphatic carbocycles. The molecule has 0 fully saturated rings. The molecule has 0 saturated heterocycles. The molecule has 0 bridgehead atoms. The van der Waals surface area contributed by atoms with E-state index in [1.54, 1.807) is 6.92 Å². The molecule has 1 aromatic carbocycles. The van der Waals surface area contributed by atoms with Crippen LogP contribution in [0.4, 0.5) is 13.2 Å². The van der Waals surface area contributed by atoms with Crippen LogP contribution in [-0.4, -0.2) is 18.9 Å². The lowest BCUT2D eigenvalue weighted by Crippen LogP contribution is -2.17. The topological polar surface area (TPSA) is 35.5 Å². The van der Waals surface area contributed by atoms with E-state index in [2.05, 4.69) is 17.4 Å². The first-order chi connectivity index (χ1) is 8.31. The zero-order valence-electron chi connectivity index (χ0n) is 9.45. The summed E-state index contributed by atoms with van der Waals surface area (Å²) in [6, 6.07) is 3.94. The molecule has 0 spiro atoms. The van der Waals surface area contributed by atoms with Gasteiger partial charge in [0.25, 0.3) is 0 Å². The van der Waals surface area contributed by atoms with E-state index < -0.39 is 18.1 Å². The van der Waals surface area contributed by atoms with Crippen LogP contribution in [0.25, 0.3) is 0 Å². The molecule has 0 N–H and O–H groups in total. The summed E-state index contributed by atoms with van der Waals surface area (Å²) in [5.41, 5.74) is 0.366. The number of alkyl halides is 3. The molecule has 0 amide bonds. The van der Waals surface area contributed by atoms with Crippen molar-refractivity contribution in [3.8, 4) is 5.75 Å². The van der Waals surface area contributed by atoms with Crippen LogP contribution in [0.1, 0.15) is 12.5 Å². The van der Waals surface area contributed by atoms with E-state index in [-0.39, 0.29) is 17.9 Å². The average Bonchev–Trinajstić information content (AvgIpc) is 2.21. The Morgan fingerprint density at radius 2 is 2.06 bits per heavy atom. The molecule has 3 nitrogen and oxygen atoms in total. The van der Waals surface area contributed by atoms with Crippen LogP contribution in [-0.2, 0) is 16.0 Å². The zero-order valence-corrected chi connectivity index (χ0v) is 10.3. The van der Waals surface area contributed by atoms with Gasteiger partial charge in [-0.25, -0.2) is 0 Å². The van der Waals surface area contributed by atoms with E-state index >= 15 is 0 Å². The molecular formula is C11H11F3O3S. The van der Waals surface area contributed by atoms with Gasteiger partial charge < -0.3 is 9.47 Å². The van der Waals surface area contributed by atoms with Crippen LogP contribution in [0.3, 0.4) is 0 Å². The van der Waals surface area contributed by atoms with Crippen LogP contribution >= 0.6 is 12.6 Å². The second-order valence-electron chi connectivity index (χ2n) is 3.33. The summed E-state index contributed by atoms with van der Waals surface area (Å²) >= 11 is 3.85. The third-order valence-electron chi connectivity index (χ3n) is 1.90. The fourth-order valence-corrected chi connectivity index (χ4v) is 1.44. The highest BCUT2D eigenvalue weighted by Crippen LogP contribution is 2.29. The molecule has 0 saturated carbocycles. The minimum absolute atomic E-state index is 0.0416. The highest BCUT2D eigenvalue weighted by molar-refractivity contribution is 7.80. The van der Waals surface area contributed by atoms with Crippen molar-refractivity contribution < 1.29 is 27.4 Å². The van der Waals surface area contributed by atoms with Gasteiger partial charge in [-0.3, -0.25) is 4.79 Å². The summed E-state index contributed by atoms with van der Waals surface area (Å²) in [4.78, 5) is 11.2. The van der Waals surface area contributed by atoms with Gasteiger partial charge in [0, 0.05) is 4.90 Å². The smallest absolute Gasteiger partial charge is 0.466 e. The molecule has 18 heavy (non-hydrogen) atoms. The molecule has 0 atom stereocenters. The Balaban J connectivity index is 2.84. The number of carbonyl (C=O) groups excluding carboxylic acids is 1. The van der Waals surface area contributed by atoms with Crippen molar-refractivity contribution in [1.29, 1.82) is 0 Å². The molecule has 7 heteroatoms. The minimum Gasteiger partial charge on any atom is -0.466 e. The molecular weight excluding hydrogens is 269 g/mol. The van der Waals surface area contributed by atoms with Gasteiger partial charge in [0.1, 0.15) is 5.75 Å². The molecule has 0 aliphatic heterocycles. The lowest BCUT2D eigenvalue weighted by molar-refractivity contribution is -0.275. The largest absolute Gasteiger partial charge is 0.573 e. The summed E-state index contributed by atoms with van der Waals surface area (Å²) < 4.78 is 44.7. The van der Waals surface area contributed by atoms with E-state index in [0.717, 1.165) is 6.07 Å². The van der Waals surface area contributed by atoms with E-state index in [1.165, 1.54) is 12.1 Å². The number of esters is 1. The monoisotopic (exact) mass is 280 g/mol. The lowest BCUT2D eigenvalue weighted by Gasteiger charge is -2.12. The van der Waals surface area contributed by atoms with Gasteiger partial charge in [-0.2, -0.15) is 0 Å². The van der Waals surface area contributed by atoms with Gasteiger partial charge in [-0.15, -0.1) is 25.8 Å². The van der Waals surface area contributed by atoms with Crippen molar-refractivity contribution in [3.63, 3.8) is 0 Å². The Labute approximate surface area is 107 Å². The first-order valence-corrected chi connectivity index (χ1v) is 5.50. The van der Waals surface area contributed by atoms with Crippen LogP contribution < -0.4 is 4.74 Å². The Morgan fingerprint density at radius 3 is 2.61 bits per heavy atom. The fourth-order valence-electron chi connectivity index (χ4n) is 1.25. The van der Waals surface area contributed by atoms with E-state index in [9.17, 15) is 18.0 Å². The maximum Gasteiger partial charge on any atom is 0.573 e. The van der Waals surface area contributed by atoms with Gasteiger partial charge in [-0.05, 0) is 24.6 Å². The summed E-state index contributed by atoms with van der Waals surface area (Å²) in [7, 11) is 0. The highest BCUT2D eigenvalue weighted by Gasteiger charge is 2.32. The van der Waals surface area contributed by atoms with Crippen LogP contribution in [0.2, 0.25) is 0 Å². The highest BCUT2D eigenvalue weighted by atomic mass is 32.1. The maximum atomic E-state index is 12.1. The third-order valence-corrected chi connectivity index (χ3v) is 2.27. The van der Waals surface area contributed by atoms with E-state index in [0.29, 0.717) is 5.56 Å². The number of hydrogen-bond donors (Lipinski definition) is 1. The fraction of sp³-hybridized carbons (Fsp3) is 0.364. The molecule has 0 aliphatic rings. The summed E-state index contributed by atoms with van der Waals surface area (Å²) in [5.74, 6) is -0.949. The minimum atomic E-state index is -4.79. The van der Waals surface area contributed by atoms with Crippen molar-refractivity contribution >= 4 is 18.6 Å². The SMILES string of the molecule is CCOC(=O)Cc1ccc(S)c(OC(F)(F)F)c1. The average molecular weight is 280 g/mol. The molecule has 1 rings (SSSR count). The molecule has 0 radical (unpaired) electrons. The predicted octanol–water partition coefficient (Wildman–Crippen LogP) is 2.98. The zero-order chi connectivity index (χ0) is 13.8. The number of hydrogen-bond acceptors (Lipinski definition) is 4. The Kier molecular flexibility index (Phi) is 4.89. The first kappa shape index (κ1) is 14.7. The van der Waals surface area contributed by atoms with Crippen molar-refractivity contribution in [2.75, 3.05) is 6.61 Å². The molecule has 0 unspecified atom stereocenters. The molecule has 0 heterocycles. The standard InChI is InChI=1S/C11H11F3O3S/c1-2-16-10(15)6-7-3-4-9(18)8(5-7)17-11(12,13)14/h3-5,18H,2,6H2,1H3. The second-order valence-corrected chi connectivity index (χ2v) is 3.81. The summed E-state index contributed by atoms with van der Waals surface area (Å²) in [6.07, 6.45) is -4.91. The van der Waals surface area contributed by atoms with Crippen molar-refractivity contribution in [2.24, 2.45) is 0 Å². The van der Waals surface area contributed by atoms with Crippen LogP contribution in [0.15, 0.2) is 23.1 Å². The van der Waals surface area contributed by atoms with Crippen LogP contribution in [0.5, 0.6) is 5.75 Å². The number of thiol groups is 1. The van der Waals surface area contributed by atoms with E-state index in [4.69, 9.17) is 4.74 Å². The Morgan fingerprint density at radius 1 is 1.39 bits per heavy atom. The molecule has 0 aromatic heterocycles. The second kappa shape index (κ2) is 5.99. The predicted molar refractivity (Wildman–Crippen MR) is 60.7 cm³/mol. The quantitative estimate of drug-likeness (QED) is 0.680. The van der Waals surface area contributed by atoms with E-state index in [1.807, 2.05) is 0 Å². The Hall–Kier alpha value is -1.37. The number of halogens is 3. The number of benzene rings is 1. The van der Waals surface area contributed by atoms with Gasteiger partial charge in [0.05, 0.1) is 13.0 Å². The van der Waals surface area contributed by atoms with Gasteiger partial charge in [-0.1, -0.05) is 6.07 Å². The summed E-state index contributed by atoms with van der Waals surface area (Å²) in [5, 5.41) is 0. The Bertz CT molecular complexity index is 432. The van der Waals surface area contributed by atoms with Crippen LogP contribution in [0, 0.1) is 0 Å².